The van der Waals surface area contributed by atoms with Gasteiger partial charge in [0.1, 0.15) is 0 Å². The molecule has 0 radical (unpaired) electrons. The van der Waals surface area contributed by atoms with Crippen LogP contribution in [0.4, 0.5) is 0 Å². The quantitative estimate of drug-likeness (QED) is 0.251. The van der Waals surface area contributed by atoms with Crippen molar-refractivity contribution in [1.29, 1.82) is 0 Å². The minimum atomic E-state index is -3.19. The number of carbonyl (C=O) groups excluding carboxylic acids is 1. The molecule has 212 valence electrons. The standard InChI is InChI=1S/C30H38N6O3S/c1-4-40(38,39)35-11-8-23(9-12-35)28-19-33-29-26(28)16-25(17-27(29)30(31)37)24-7-5-6-22(15-24)18-32-10-13-36-21(3)14-20(2)34-36/h5-7,14-17,19,23,32-33H,4,8-13,18H2,1-3H3,(H2,31,37). The number of sulfonamides is 1. The van der Waals surface area contributed by atoms with Crippen molar-refractivity contribution >= 4 is 26.8 Å². The maximum Gasteiger partial charge on any atom is 0.250 e. The molecular formula is C30H38N6O3S. The number of benzene rings is 2. The molecule has 1 saturated heterocycles. The lowest BCUT2D eigenvalue weighted by atomic mass is 9.88. The summed E-state index contributed by atoms with van der Waals surface area (Å²) in [5, 5.41) is 8.99. The van der Waals surface area contributed by atoms with Crippen molar-refractivity contribution < 1.29 is 13.2 Å². The molecule has 0 spiro atoms. The fraction of sp³-hybridized carbons (Fsp3) is 0.400. The van der Waals surface area contributed by atoms with Gasteiger partial charge in [-0.3, -0.25) is 9.48 Å². The summed E-state index contributed by atoms with van der Waals surface area (Å²) >= 11 is 0. The summed E-state index contributed by atoms with van der Waals surface area (Å²) in [6.07, 6.45) is 3.43. The van der Waals surface area contributed by atoms with E-state index < -0.39 is 15.9 Å². The molecule has 2 aromatic heterocycles. The SMILES string of the molecule is CCS(=O)(=O)N1CCC(c2c[nH]c3c(C(N)=O)cc(-c4cccc(CNCCn5nc(C)cc5C)c4)cc23)CC1. The summed E-state index contributed by atoms with van der Waals surface area (Å²) in [5.41, 5.74) is 13.4. The molecular weight excluding hydrogens is 524 g/mol. The molecule has 0 bridgehead atoms. The summed E-state index contributed by atoms with van der Waals surface area (Å²) < 4.78 is 28.3. The van der Waals surface area contributed by atoms with Gasteiger partial charge in [0.05, 0.1) is 29.1 Å². The van der Waals surface area contributed by atoms with E-state index in [0.717, 1.165) is 70.5 Å². The molecule has 0 saturated carbocycles. The van der Waals surface area contributed by atoms with Crippen LogP contribution in [0.5, 0.6) is 0 Å². The Kier molecular flexibility index (Phi) is 8.11. The maximum atomic E-state index is 12.5. The van der Waals surface area contributed by atoms with Crippen LogP contribution in [0.3, 0.4) is 0 Å². The van der Waals surface area contributed by atoms with Crippen LogP contribution in [-0.4, -0.2) is 58.8 Å². The number of nitrogens with zero attached hydrogens (tertiary/aromatic N) is 3. The zero-order valence-corrected chi connectivity index (χ0v) is 24.2. The highest BCUT2D eigenvalue weighted by Crippen LogP contribution is 2.37. The number of nitrogens with two attached hydrogens (primary N) is 1. The Bertz CT molecular complexity index is 1630. The van der Waals surface area contributed by atoms with Gasteiger partial charge in [0.15, 0.2) is 0 Å². The first kappa shape index (κ1) is 28.1. The number of primary amides is 1. The number of aromatic amines is 1. The van der Waals surface area contributed by atoms with Gasteiger partial charge in [-0.05, 0) is 86.1 Å². The highest BCUT2D eigenvalue weighted by molar-refractivity contribution is 7.89. The van der Waals surface area contributed by atoms with E-state index in [1.54, 1.807) is 11.2 Å². The van der Waals surface area contributed by atoms with Crippen LogP contribution in [0.1, 0.15) is 58.6 Å². The third-order valence-corrected chi connectivity index (χ3v) is 9.81. The Balaban J connectivity index is 1.36. The fourth-order valence-electron chi connectivity index (χ4n) is 5.76. The van der Waals surface area contributed by atoms with Crippen LogP contribution in [-0.2, 0) is 23.1 Å². The summed E-state index contributed by atoms with van der Waals surface area (Å²) in [7, 11) is -3.19. The van der Waals surface area contributed by atoms with E-state index in [1.807, 2.05) is 36.0 Å². The molecule has 40 heavy (non-hydrogen) atoms. The molecule has 0 atom stereocenters. The largest absolute Gasteiger partial charge is 0.366 e. The number of aryl methyl sites for hydroxylation is 2. The molecule has 9 nitrogen and oxygen atoms in total. The van der Waals surface area contributed by atoms with E-state index >= 15 is 0 Å². The zero-order chi connectivity index (χ0) is 28.4. The van der Waals surface area contributed by atoms with E-state index in [-0.39, 0.29) is 11.7 Å². The lowest BCUT2D eigenvalue weighted by Gasteiger charge is -2.31. The Labute approximate surface area is 235 Å². The molecule has 1 aliphatic heterocycles. The molecule has 1 amide bonds. The van der Waals surface area contributed by atoms with Gasteiger partial charge in [-0.1, -0.05) is 18.2 Å². The molecule has 0 unspecified atom stereocenters. The van der Waals surface area contributed by atoms with Gasteiger partial charge in [-0.2, -0.15) is 5.10 Å². The highest BCUT2D eigenvalue weighted by atomic mass is 32.2. The monoisotopic (exact) mass is 562 g/mol. The third kappa shape index (κ3) is 5.84. The Morgan fingerprint density at radius 1 is 1.12 bits per heavy atom. The summed E-state index contributed by atoms with van der Waals surface area (Å²) in [4.78, 5) is 15.7. The number of hydrogen-bond donors (Lipinski definition) is 3. The number of carbonyl (C=O) groups is 1. The number of amides is 1. The molecule has 5 rings (SSSR count). The fourth-order valence-corrected chi connectivity index (χ4v) is 6.89. The smallest absolute Gasteiger partial charge is 0.250 e. The Morgan fingerprint density at radius 3 is 2.58 bits per heavy atom. The van der Waals surface area contributed by atoms with Crippen LogP contribution in [0.15, 0.2) is 48.7 Å². The number of aromatic nitrogens is 3. The maximum absolute atomic E-state index is 12.5. The lowest BCUT2D eigenvalue weighted by molar-refractivity contribution is 0.100. The number of piperidine rings is 1. The second kappa shape index (κ2) is 11.6. The summed E-state index contributed by atoms with van der Waals surface area (Å²) in [6, 6.07) is 14.4. The Morgan fingerprint density at radius 2 is 1.90 bits per heavy atom. The van der Waals surface area contributed by atoms with Crippen molar-refractivity contribution in [3.05, 3.63) is 76.7 Å². The topological polar surface area (TPSA) is 126 Å². The molecule has 3 heterocycles. The second-order valence-corrected chi connectivity index (χ2v) is 12.9. The summed E-state index contributed by atoms with van der Waals surface area (Å²) in [5.74, 6) is -0.161. The molecule has 4 aromatic rings. The van der Waals surface area contributed by atoms with Crippen molar-refractivity contribution in [3.63, 3.8) is 0 Å². The van der Waals surface area contributed by atoms with E-state index in [1.165, 1.54) is 0 Å². The van der Waals surface area contributed by atoms with Gasteiger partial charge in [0, 0.05) is 43.5 Å². The van der Waals surface area contributed by atoms with Crippen LogP contribution >= 0.6 is 0 Å². The first-order chi connectivity index (χ1) is 19.2. The van der Waals surface area contributed by atoms with Gasteiger partial charge in [-0.15, -0.1) is 0 Å². The zero-order valence-electron chi connectivity index (χ0n) is 23.4. The van der Waals surface area contributed by atoms with Gasteiger partial charge in [-0.25, -0.2) is 12.7 Å². The molecule has 1 aliphatic rings. The minimum absolute atomic E-state index is 0.119. The summed E-state index contributed by atoms with van der Waals surface area (Å²) in [6.45, 7) is 9.08. The van der Waals surface area contributed by atoms with Crippen molar-refractivity contribution in [3.8, 4) is 11.1 Å². The molecule has 0 aliphatic carbocycles. The molecule has 10 heteroatoms. The van der Waals surface area contributed by atoms with Crippen LogP contribution in [0, 0.1) is 13.8 Å². The highest BCUT2D eigenvalue weighted by Gasteiger charge is 2.29. The van der Waals surface area contributed by atoms with Gasteiger partial charge >= 0.3 is 0 Å². The molecule has 4 N–H and O–H groups in total. The van der Waals surface area contributed by atoms with Gasteiger partial charge < -0.3 is 16.0 Å². The second-order valence-electron chi connectivity index (χ2n) is 10.7. The van der Waals surface area contributed by atoms with E-state index in [0.29, 0.717) is 25.2 Å². The van der Waals surface area contributed by atoms with E-state index in [9.17, 15) is 13.2 Å². The third-order valence-electron chi connectivity index (χ3n) is 7.93. The predicted molar refractivity (Wildman–Crippen MR) is 159 cm³/mol. The van der Waals surface area contributed by atoms with E-state index in [2.05, 4.69) is 46.6 Å². The van der Waals surface area contributed by atoms with Crippen molar-refractivity contribution in [2.45, 2.75) is 52.6 Å². The van der Waals surface area contributed by atoms with Gasteiger partial charge in [0.25, 0.3) is 5.91 Å². The van der Waals surface area contributed by atoms with E-state index in [4.69, 9.17) is 5.73 Å². The normalized spacial score (nSPS) is 15.2. The van der Waals surface area contributed by atoms with Crippen molar-refractivity contribution in [2.75, 3.05) is 25.4 Å². The van der Waals surface area contributed by atoms with Crippen LogP contribution in [0.25, 0.3) is 22.0 Å². The number of nitrogens with one attached hydrogen (secondary N) is 2. The lowest BCUT2D eigenvalue weighted by Crippen LogP contribution is -2.38. The Hall–Kier alpha value is -3.47. The van der Waals surface area contributed by atoms with Crippen molar-refractivity contribution in [2.24, 2.45) is 5.73 Å². The number of hydrogen-bond acceptors (Lipinski definition) is 5. The molecule has 2 aromatic carbocycles. The number of rotatable bonds is 10. The predicted octanol–water partition coefficient (Wildman–Crippen LogP) is 4.07. The first-order valence-corrected chi connectivity index (χ1v) is 15.5. The van der Waals surface area contributed by atoms with Gasteiger partial charge in [0.2, 0.25) is 10.0 Å². The van der Waals surface area contributed by atoms with Crippen LogP contribution < -0.4 is 11.1 Å². The number of fused-ring (bicyclic) bond motifs is 1. The molecule has 1 fully saturated rings. The number of H-pyrrole nitrogens is 1. The first-order valence-electron chi connectivity index (χ1n) is 13.9. The van der Waals surface area contributed by atoms with Crippen LogP contribution in [0.2, 0.25) is 0 Å². The van der Waals surface area contributed by atoms with Crippen molar-refractivity contribution in [1.82, 2.24) is 24.4 Å². The average Bonchev–Trinajstić information content (AvgIpc) is 3.52. The average molecular weight is 563 g/mol. The minimum Gasteiger partial charge on any atom is -0.366 e.